The molecule has 15 heavy (non-hydrogen) atoms. The van der Waals surface area contributed by atoms with Crippen molar-refractivity contribution in [1.29, 1.82) is 0 Å². The molecule has 4 nitrogen and oxygen atoms in total. The highest BCUT2D eigenvalue weighted by Gasteiger charge is 2.27. The number of carbonyl (C=O) groups excluding carboxylic acids is 1. The Kier molecular flexibility index (Phi) is 8.15. The van der Waals surface area contributed by atoms with Gasteiger partial charge in [-0.25, -0.2) is 4.79 Å². The highest BCUT2D eigenvalue weighted by atomic mass is 31.1. The Bertz CT molecular complexity index is 227. The fourth-order valence-corrected chi connectivity index (χ4v) is 2.13. The van der Waals surface area contributed by atoms with Gasteiger partial charge in [-0.05, 0) is 17.4 Å². The summed E-state index contributed by atoms with van der Waals surface area (Å²) in [5, 5.41) is 0. The zero-order valence-electron chi connectivity index (χ0n) is 9.02. The molecule has 0 aliphatic heterocycles. The SMILES string of the molecule is C=CC(=O)OCCCC(CCC)[P+](=O)O. The van der Waals surface area contributed by atoms with Gasteiger partial charge in [-0.1, -0.05) is 19.9 Å². The smallest absolute Gasteiger partial charge is 0.463 e. The quantitative estimate of drug-likeness (QED) is 0.302. The molecule has 0 heterocycles. The monoisotopic (exact) mass is 233 g/mol. The second kappa shape index (κ2) is 8.57. The molecule has 0 amide bonds. The van der Waals surface area contributed by atoms with Crippen LogP contribution < -0.4 is 0 Å². The average molecular weight is 233 g/mol. The Morgan fingerprint density at radius 2 is 2.27 bits per heavy atom. The lowest BCUT2D eigenvalue weighted by Gasteiger charge is -2.03. The molecule has 5 heteroatoms. The number of hydrogen-bond acceptors (Lipinski definition) is 3. The first-order chi connectivity index (χ1) is 7.11. The van der Waals surface area contributed by atoms with Crippen LogP contribution in [-0.2, 0) is 14.1 Å². The van der Waals surface area contributed by atoms with Crippen molar-refractivity contribution in [3.05, 3.63) is 12.7 Å². The predicted molar refractivity (Wildman–Crippen MR) is 58.9 cm³/mol. The van der Waals surface area contributed by atoms with Gasteiger partial charge in [-0.2, -0.15) is 4.89 Å². The lowest BCUT2D eigenvalue weighted by Crippen LogP contribution is -2.07. The van der Waals surface area contributed by atoms with Crippen LogP contribution in [0.1, 0.15) is 32.6 Å². The van der Waals surface area contributed by atoms with Crippen LogP contribution in [0.5, 0.6) is 0 Å². The Morgan fingerprint density at radius 1 is 1.60 bits per heavy atom. The van der Waals surface area contributed by atoms with E-state index in [-0.39, 0.29) is 12.3 Å². The van der Waals surface area contributed by atoms with Gasteiger partial charge in [-0.3, -0.25) is 0 Å². The summed E-state index contributed by atoms with van der Waals surface area (Å²) in [7, 11) is -2.12. The first-order valence-corrected chi connectivity index (χ1v) is 6.34. The van der Waals surface area contributed by atoms with Crippen LogP contribution in [0, 0.1) is 0 Å². The van der Waals surface area contributed by atoms with Gasteiger partial charge in [-0.15, -0.1) is 0 Å². The first-order valence-electron chi connectivity index (χ1n) is 5.06. The van der Waals surface area contributed by atoms with Crippen molar-refractivity contribution < 1.29 is 19.0 Å². The lowest BCUT2D eigenvalue weighted by molar-refractivity contribution is -0.137. The van der Waals surface area contributed by atoms with E-state index in [1.807, 2.05) is 6.92 Å². The Balaban J connectivity index is 3.66. The Hall–Kier alpha value is -0.730. The standard InChI is InChI=1S/C10H17O4P/c1-3-6-9(15(12)13)7-5-8-14-10(11)4-2/h4,9H,2-3,5-8H2,1H3/p+1. The average Bonchev–Trinajstić information content (AvgIpc) is 2.21. The first kappa shape index (κ1) is 14.3. The van der Waals surface area contributed by atoms with Gasteiger partial charge >= 0.3 is 14.0 Å². The molecule has 1 N–H and O–H groups in total. The zero-order valence-corrected chi connectivity index (χ0v) is 9.91. The lowest BCUT2D eigenvalue weighted by atomic mass is 10.1. The van der Waals surface area contributed by atoms with Crippen LogP contribution >= 0.6 is 8.03 Å². The van der Waals surface area contributed by atoms with Gasteiger partial charge < -0.3 is 4.74 Å². The van der Waals surface area contributed by atoms with Gasteiger partial charge in [0.15, 0.2) is 5.66 Å². The minimum Gasteiger partial charge on any atom is -0.463 e. The van der Waals surface area contributed by atoms with E-state index >= 15 is 0 Å². The van der Waals surface area contributed by atoms with E-state index < -0.39 is 14.0 Å². The molecule has 0 aromatic heterocycles. The number of esters is 1. The molecule has 0 fully saturated rings. The minimum atomic E-state index is -2.12. The molecule has 86 valence electrons. The highest BCUT2D eigenvalue weighted by molar-refractivity contribution is 7.38. The van der Waals surface area contributed by atoms with Gasteiger partial charge in [0.1, 0.15) is 0 Å². The largest absolute Gasteiger partial charge is 0.508 e. The zero-order chi connectivity index (χ0) is 11.7. The van der Waals surface area contributed by atoms with E-state index in [1.54, 1.807) is 0 Å². The summed E-state index contributed by atoms with van der Waals surface area (Å²) in [6.45, 7) is 5.53. The van der Waals surface area contributed by atoms with Gasteiger partial charge in [0, 0.05) is 12.5 Å². The maximum atomic E-state index is 10.9. The van der Waals surface area contributed by atoms with Gasteiger partial charge in [0.2, 0.25) is 0 Å². The molecular formula is C10H18O4P+. The number of ether oxygens (including phenoxy) is 1. The molecule has 2 atom stereocenters. The van der Waals surface area contributed by atoms with Crippen LogP contribution in [0.25, 0.3) is 0 Å². The minimum absolute atomic E-state index is 0.174. The second-order valence-corrected chi connectivity index (χ2v) is 4.59. The van der Waals surface area contributed by atoms with E-state index in [1.165, 1.54) is 0 Å². The summed E-state index contributed by atoms with van der Waals surface area (Å²) in [5.74, 6) is -0.449. The van der Waals surface area contributed by atoms with Crippen molar-refractivity contribution in [3.8, 4) is 0 Å². The molecule has 0 spiro atoms. The molecule has 0 aromatic rings. The van der Waals surface area contributed by atoms with Crippen molar-refractivity contribution in [2.75, 3.05) is 6.61 Å². The maximum Gasteiger partial charge on any atom is 0.508 e. The molecule has 0 saturated heterocycles. The fraction of sp³-hybridized carbons (Fsp3) is 0.700. The van der Waals surface area contributed by atoms with E-state index in [0.29, 0.717) is 12.8 Å². The number of rotatable bonds is 8. The molecule has 0 rings (SSSR count). The Morgan fingerprint density at radius 3 is 2.73 bits per heavy atom. The molecule has 2 unspecified atom stereocenters. The molecule has 0 aromatic carbocycles. The van der Waals surface area contributed by atoms with Crippen molar-refractivity contribution in [2.24, 2.45) is 0 Å². The van der Waals surface area contributed by atoms with Crippen molar-refractivity contribution in [2.45, 2.75) is 38.3 Å². The number of hydrogen-bond donors (Lipinski definition) is 1. The van der Waals surface area contributed by atoms with E-state index in [0.717, 1.165) is 18.9 Å². The van der Waals surface area contributed by atoms with Crippen LogP contribution in [0.3, 0.4) is 0 Å². The molecule has 0 aliphatic rings. The summed E-state index contributed by atoms with van der Waals surface area (Å²) >= 11 is 0. The summed E-state index contributed by atoms with van der Waals surface area (Å²) in [5.41, 5.74) is -0.174. The van der Waals surface area contributed by atoms with Crippen LogP contribution in [0.2, 0.25) is 0 Å². The fourth-order valence-electron chi connectivity index (χ4n) is 1.25. The second-order valence-electron chi connectivity index (χ2n) is 3.26. The summed E-state index contributed by atoms with van der Waals surface area (Å²) in [4.78, 5) is 19.7. The van der Waals surface area contributed by atoms with Crippen LogP contribution in [0.15, 0.2) is 12.7 Å². The molecule has 0 saturated carbocycles. The number of carbonyl (C=O) groups is 1. The Labute approximate surface area is 91.2 Å². The molecular weight excluding hydrogens is 215 g/mol. The van der Waals surface area contributed by atoms with Crippen LogP contribution in [-0.4, -0.2) is 23.1 Å². The van der Waals surface area contributed by atoms with Crippen molar-refractivity contribution in [3.63, 3.8) is 0 Å². The van der Waals surface area contributed by atoms with Crippen molar-refractivity contribution >= 4 is 14.0 Å². The molecule has 0 radical (unpaired) electrons. The highest BCUT2D eigenvalue weighted by Crippen LogP contribution is 2.30. The summed E-state index contributed by atoms with van der Waals surface area (Å²) in [6.07, 6.45) is 3.96. The van der Waals surface area contributed by atoms with E-state index in [9.17, 15) is 9.36 Å². The third-order valence-electron chi connectivity index (χ3n) is 2.03. The normalized spacial score (nSPS) is 13.1. The predicted octanol–water partition coefficient (Wildman–Crippen LogP) is 2.40. The van der Waals surface area contributed by atoms with E-state index in [4.69, 9.17) is 9.63 Å². The van der Waals surface area contributed by atoms with Gasteiger partial charge in [0.25, 0.3) is 0 Å². The summed E-state index contributed by atoms with van der Waals surface area (Å²) < 4.78 is 15.7. The third kappa shape index (κ3) is 7.23. The maximum absolute atomic E-state index is 10.9. The van der Waals surface area contributed by atoms with Crippen LogP contribution in [0.4, 0.5) is 0 Å². The molecule has 0 aliphatic carbocycles. The van der Waals surface area contributed by atoms with Gasteiger partial charge in [0.05, 0.1) is 6.61 Å². The van der Waals surface area contributed by atoms with E-state index in [2.05, 4.69) is 6.58 Å². The third-order valence-corrected chi connectivity index (χ3v) is 3.17. The molecule has 0 bridgehead atoms. The summed E-state index contributed by atoms with van der Waals surface area (Å²) in [6, 6.07) is 0. The topological polar surface area (TPSA) is 63.6 Å². The van der Waals surface area contributed by atoms with Crippen molar-refractivity contribution in [1.82, 2.24) is 0 Å².